The molecule has 1 N–H and O–H groups in total. The van der Waals surface area contributed by atoms with Crippen LogP contribution in [0, 0.1) is 12.3 Å². The van der Waals surface area contributed by atoms with Gasteiger partial charge in [-0.15, -0.1) is 12.3 Å². The lowest BCUT2D eigenvalue weighted by Gasteiger charge is -2.08. The van der Waals surface area contributed by atoms with Gasteiger partial charge in [0.1, 0.15) is 0 Å². The zero-order valence-corrected chi connectivity index (χ0v) is 9.51. The number of aliphatic hydroxyl groups is 1. The van der Waals surface area contributed by atoms with Crippen molar-refractivity contribution in [2.75, 3.05) is 0 Å². The highest BCUT2D eigenvalue weighted by Crippen LogP contribution is 2.22. The molecule has 0 spiro atoms. The number of rotatable bonds is 3. The third-order valence-corrected chi connectivity index (χ3v) is 2.71. The molecule has 1 atom stereocenters. The van der Waals surface area contributed by atoms with Crippen molar-refractivity contribution in [2.45, 2.75) is 12.5 Å². The average molecular weight is 222 g/mol. The van der Waals surface area contributed by atoms with Crippen LogP contribution in [0.1, 0.15) is 18.1 Å². The average Bonchev–Trinajstić information content (AvgIpc) is 2.40. The van der Waals surface area contributed by atoms with Gasteiger partial charge in [-0.1, -0.05) is 54.6 Å². The van der Waals surface area contributed by atoms with Crippen LogP contribution in [-0.2, 0) is 0 Å². The molecular weight excluding hydrogens is 208 g/mol. The van der Waals surface area contributed by atoms with E-state index in [2.05, 4.69) is 18.1 Å². The number of benzene rings is 2. The van der Waals surface area contributed by atoms with Crippen LogP contribution in [0.4, 0.5) is 0 Å². The van der Waals surface area contributed by atoms with Crippen LogP contribution in [0.5, 0.6) is 0 Å². The van der Waals surface area contributed by atoms with E-state index in [0.717, 1.165) is 11.1 Å². The summed E-state index contributed by atoms with van der Waals surface area (Å²) >= 11 is 0. The van der Waals surface area contributed by atoms with E-state index >= 15 is 0 Å². The molecule has 0 aromatic heterocycles. The molecule has 0 bridgehead atoms. The summed E-state index contributed by atoms with van der Waals surface area (Å²) in [5.41, 5.74) is 3.18. The maximum atomic E-state index is 9.74. The van der Waals surface area contributed by atoms with Gasteiger partial charge in [-0.2, -0.15) is 0 Å². The first-order valence-corrected chi connectivity index (χ1v) is 5.58. The Morgan fingerprint density at radius 1 is 0.941 bits per heavy atom. The normalized spacial score (nSPS) is 11.8. The molecule has 2 aromatic carbocycles. The molecule has 1 unspecified atom stereocenters. The Labute approximate surface area is 102 Å². The molecule has 2 aromatic rings. The monoisotopic (exact) mass is 222 g/mol. The fraction of sp³-hybridized carbons (Fsp3) is 0.125. The Kier molecular flexibility index (Phi) is 3.59. The quantitative estimate of drug-likeness (QED) is 0.789. The highest BCUT2D eigenvalue weighted by Gasteiger charge is 2.05. The van der Waals surface area contributed by atoms with E-state index in [0.29, 0.717) is 6.42 Å². The molecule has 1 nitrogen and oxygen atoms in total. The Morgan fingerprint density at radius 2 is 1.53 bits per heavy atom. The minimum Gasteiger partial charge on any atom is -0.387 e. The Bertz CT molecular complexity index is 505. The van der Waals surface area contributed by atoms with Crippen molar-refractivity contribution in [2.24, 2.45) is 0 Å². The second kappa shape index (κ2) is 5.34. The topological polar surface area (TPSA) is 20.2 Å². The highest BCUT2D eigenvalue weighted by molar-refractivity contribution is 5.63. The largest absolute Gasteiger partial charge is 0.387 e. The van der Waals surface area contributed by atoms with E-state index in [1.165, 1.54) is 5.56 Å². The number of hydrogen-bond donors (Lipinski definition) is 1. The summed E-state index contributed by atoms with van der Waals surface area (Å²) in [6.45, 7) is 0. The summed E-state index contributed by atoms with van der Waals surface area (Å²) in [5, 5.41) is 9.74. The lowest BCUT2D eigenvalue weighted by atomic mass is 10.0. The summed E-state index contributed by atoms with van der Waals surface area (Å²) in [4.78, 5) is 0. The standard InChI is InChI=1S/C16H14O/c1-2-6-16(17)15-11-9-14(10-12-15)13-7-4-3-5-8-13/h1,3-5,7-12,16-17H,6H2. The molecule has 0 aliphatic rings. The van der Waals surface area contributed by atoms with Gasteiger partial charge in [0.25, 0.3) is 0 Å². The van der Waals surface area contributed by atoms with Crippen LogP contribution in [0.15, 0.2) is 54.6 Å². The first-order valence-electron chi connectivity index (χ1n) is 5.58. The Balaban J connectivity index is 2.22. The minimum atomic E-state index is -0.565. The van der Waals surface area contributed by atoms with Gasteiger partial charge < -0.3 is 5.11 Å². The van der Waals surface area contributed by atoms with Crippen LogP contribution in [0.25, 0.3) is 11.1 Å². The van der Waals surface area contributed by atoms with Gasteiger partial charge in [-0.25, -0.2) is 0 Å². The van der Waals surface area contributed by atoms with Crippen LogP contribution in [0.2, 0.25) is 0 Å². The lowest BCUT2D eigenvalue weighted by Crippen LogP contribution is -1.95. The SMILES string of the molecule is C#CCC(O)c1ccc(-c2ccccc2)cc1. The van der Waals surface area contributed by atoms with Crippen LogP contribution >= 0.6 is 0 Å². The second-order valence-electron chi connectivity index (χ2n) is 3.91. The molecule has 0 aliphatic heterocycles. The van der Waals surface area contributed by atoms with Gasteiger partial charge >= 0.3 is 0 Å². The van der Waals surface area contributed by atoms with Gasteiger partial charge in [0.05, 0.1) is 6.10 Å². The van der Waals surface area contributed by atoms with Gasteiger partial charge in [-0.05, 0) is 16.7 Å². The van der Waals surface area contributed by atoms with Gasteiger partial charge in [-0.3, -0.25) is 0 Å². The van der Waals surface area contributed by atoms with Crippen molar-refractivity contribution in [3.8, 4) is 23.5 Å². The first kappa shape index (κ1) is 11.4. The molecule has 0 amide bonds. The van der Waals surface area contributed by atoms with Crippen LogP contribution in [-0.4, -0.2) is 5.11 Å². The first-order chi connectivity index (χ1) is 8.31. The summed E-state index contributed by atoms with van der Waals surface area (Å²) < 4.78 is 0. The molecule has 84 valence electrons. The Hall–Kier alpha value is -2.04. The molecule has 0 saturated heterocycles. The van der Waals surface area contributed by atoms with E-state index in [1.807, 2.05) is 42.5 Å². The smallest absolute Gasteiger partial charge is 0.0899 e. The zero-order valence-electron chi connectivity index (χ0n) is 9.51. The number of terminal acetylenes is 1. The van der Waals surface area contributed by atoms with Gasteiger partial charge in [0.2, 0.25) is 0 Å². The van der Waals surface area contributed by atoms with Crippen molar-refractivity contribution in [1.82, 2.24) is 0 Å². The number of aliphatic hydroxyl groups excluding tert-OH is 1. The third kappa shape index (κ3) is 2.75. The van der Waals surface area contributed by atoms with E-state index < -0.39 is 6.10 Å². The van der Waals surface area contributed by atoms with E-state index in [4.69, 9.17) is 6.42 Å². The van der Waals surface area contributed by atoms with E-state index in [-0.39, 0.29) is 0 Å². The molecule has 0 heterocycles. The van der Waals surface area contributed by atoms with Crippen molar-refractivity contribution in [1.29, 1.82) is 0 Å². The maximum Gasteiger partial charge on any atom is 0.0899 e. The van der Waals surface area contributed by atoms with Crippen molar-refractivity contribution in [3.63, 3.8) is 0 Å². The fourth-order valence-electron chi connectivity index (χ4n) is 1.76. The van der Waals surface area contributed by atoms with E-state index in [1.54, 1.807) is 0 Å². The highest BCUT2D eigenvalue weighted by atomic mass is 16.3. The summed E-state index contributed by atoms with van der Waals surface area (Å²) in [6.07, 6.45) is 4.96. The van der Waals surface area contributed by atoms with Gasteiger partial charge in [0.15, 0.2) is 0 Å². The molecule has 0 saturated carbocycles. The van der Waals surface area contributed by atoms with Crippen LogP contribution in [0.3, 0.4) is 0 Å². The molecule has 0 fully saturated rings. The van der Waals surface area contributed by atoms with Crippen molar-refractivity contribution < 1.29 is 5.11 Å². The lowest BCUT2D eigenvalue weighted by molar-refractivity contribution is 0.184. The molecule has 2 rings (SSSR count). The molecule has 0 aliphatic carbocycles. The number of hydrogen-bond acceptors (Lipinski definition) is 1. The summed E-state index contributed by atoms with van der Waals surface area (Å²) in [5.74, 6) is 2.46. The maximum absolute atomic E-state index is 9.74. The Morgan fingerprint density at radius 3 is 2.12 bits per heavy atom. The molecular formula is C16H14O. The molecule has 1 heteroatoms. The predicted octanol–water partition coefficient (Wildman–Crippen LogP) is 3.41. The van der Waals surface area contributed by atoms with Crippen molar-refractivity contribution in [3.05, 3.63) is 60.2 Å². The molecule has 0 radical (unpaired) electrons. The second-order valence-corrected chi connectivity index (χ2v) is 3.91. The molecule has 17 heavy (non-hydrogen) atoms. The zero-order chi connectivity index (χ0) is 12.1. The minimum absolute atomic E-state index is 0.352. The van der Waals surface area contributed by atoms with Crippen molar-refractivity contribution >= 4 is 0 Å². The fourth-order valence-corrected chi connectivity index (χ4v) is 1.76. The predicted molar refractivity (Wildman–Crippen MR) is 70.3 cm³/mol. The third-order valence-electron chi connectivity index (χ3n) is 2.71. The summed E-state index contributed by atoms with van der Waals surface area (Å²) in [7, 11) is 0. The van der Waals surface area contributed by atoms with Gasteiger partial charge in [0, 0.05) is 6.42 Å². The van der Waals surface area contributed by atoms with Crippen LogP contribution < -0.4 is 0 Å². The van der Waals surface area contributed by atoms with E-state index in [9.17, 15) is 5.11 Å². The summed E-state index contributed by atoms with van der Waals surface area (Å²) in [6, 6.07) is 18.0.